The predicted octanol–water partition coefficient (Wildman–Crippen LogP) is 3.33. The van der Waals surface area contributed by atoms with Crippen molar-refractivity contribution in [3.05, 3.63) is 53.8 Å². The Morgan fingerprint density at radius 1 is 1.07 bits per heavy atom. The fourth-order valence-electron chi connectivity index (χ4n) is 3.30. The van der Waals surface area contributed by atoms with E-state index in [1.165, 1.54) is 25.3 Å². The molecule has 1 saturated heterocycles. The fourth-order valence-corrected chi connectivity index (χ4v) is 3.30. The van der Waals surface area contributed by atoms with Gasteiger partial charge in [0.1, 0.15) is 17.3 Å². The van der Waals surface area contributed by atoms with Crippen molar-refractivity contribution < 1.29 is 23.5 Å². The number of amides is 2. The van der Waals surface area contributed by atoms with Gasteiger partial charge in [0.25, 0.3) is 5.91 Å². The first-order chi connectivity index (χ1) is 13.5. The largest absolute Gasteiger partial charge is 0.497 e. The van der Waals surface area contributed by atoms with Crippen molar-refractivity contribution >= 4 is 17.5 Å². The number of halogens is 1. The van der Waals surface area contributed by atoms with Gasteiger partial charge < -0.3 is 19.7 Å². The van der Waals surface area contributed by atoms with E-state index in [1.54, 1.807) is 36.3 Å². The molecule has 0 aliphatic carbocycles. The minimum Gasteiger partial charge on any atom is -0.497 e. The number of anilines is 1. The molecule has 0 atom stereocenters. The van der Waals surface area contributed by atoms with Gasteiger partial charge in [-0.3, -0.25) is 9.59 Å². The summed E-state index contributed by atoms with van der Waals surface area (Å²) in [5.74, 6) is 0.177. The number of hydrogen-bond acceptors (Lipinski definition) is 4. The van der Waals surface area contributed by atoms with Crippen LogP contribution in [0, 0.1) is 11.7 Å². The van der Waals surface area contributed by atoms with Gasteiger partial charge in [-0.05, 0) is 43.2 Å². The summed E-state index contributed by atoms with van der Waals surface area (Å²) in [7, 11) is 3.09. The minimum atomic E-state index is -0.438. The Morgan fingerprint density at radius 3 is 2.46 bits per heavy atom. The molecule has 148 valence electrons. The molecule has 3 rings (SSSR count). The molecule has 0 aromatic heterocycles. The van der Waals surface area contributed by atoms with Crippen LogP contribution in [0.5, 0.6) is 11.5 Å². The van der Waals surface area contributed by atoms with Crippen molar-refractivity contribution in [2.75, 3.05) is 32.6 Å². The molecule has 28 heavy (non-hydrogen) atoms. The number of methoxy groups -OCH3 is 2. The van der Waals surface area contributed by atoms with E-state index >= 15 is 0 Å². The first kappa shape index (κ1) is 19.7. The van der Waals surface area contributed by atoms with E-state index < -0.39 is 5.82 Å². The third-order valence-corrected chi connectivity index (χ3v) is 4.89. The highest BCUT2D eigenvalue weighted by Crippen LogP contribution is 2.30. The number of piperidine rings is 1. The number of carbonyl (C=O) groups excluding carboxylic acids is 2. The van der Waals surface area contributed by atoms with Crippen LogP contribution >= 0.6 is 0 Å². The average Bonchev–Trinajstić information content (AvgIpc) is 2.73. The Hall–Kier alpha value is -3.09. The predicted molar refractivity (Wildman–Crippen MR) is 103 cm³/mol. The lowest BCUT2D eigenvalue weighted by Gasteiger charge is -2.31. The van der Waals surface area contributed by atoms with Crippen LogP contribution < -0.4 is 14.8 Å². The molecule has 1 aliphatic heterocycles. The number of ether oxygens (including phenoxy) is 2. The molecule has 7 heteroatoms. The second-order valence-corrected chi connectivity index (χ2v) is 6.63. The molecule has 2 amide bonds. The summed E-state index contributed by atoms with van der Waals surface area (Å²) in [5, 5.41) is 2.89. The third-order valence-electron chi connectivity index (χ3n) is 4.89. The number of nitrogens with one attached hydrogen (secondary N) is 1. The third kappa shape index (κ3) is 4.42. The van der Waals surface area contributed by atoms with Gasteiger partial charge >= 0.3 is 0 Å². The van der Waals surface area contributed by atoms with E-state index in [4.69, 9.17) is 9.47 Å². The number of carbonyl (C=O) groups is 2. The standard InChI is InChI=1S/C21H23FN2O4/c1-27-17-6-7-19(28-2)18(13-17)23-20(25)14-8-10-24(11-9-14)21(26)15-4-3-5-16(22)12-15/h3-7,12-14H,8-11H2,1-2H3,(H,23,25). The molecule has 0 spiro atoms. The molecule has 0 saturated carbocycles. The van der Waals surface area contributed by atoms with Crippen LogP contribution in [0.2, 0.25) is 0 Å². The highest BCUT2D eigenvalue weighted by Gasteiger charge is 2.28. The van der Waals surface area contributed by atoms with Gasteiger partial charge in [0, 0.05) is 30.6 Å². The maximum atomic E-state index is 13.3. The van der Waals surface area contributed by atoms with E-state index in [0.29, 0.717) is 48.7 Å². The molecular weight excluding hydrogens is 363 g/mol. The summed E-state index contributed by atoms with van der Waals surface area (Å²) in [4.78, 5) is 26.8. The molecule has 6 nitrogen and oxygen atoms in total. The average molecular weight is 386 g/mol. The van der Waals surface area contributed by atoms with Crippen molar-refractivity contribution in [2.24, 2.45) is 5.92 Å². The first-order valence-electron chi connectivity index (χ1n) is 9.09. The van der Waals surface area contributed by atoms with E-state index in [-0.39, 0.29) is 17.7 Å². The summed E-state index contributed by atoms with van der Waals surface area (Å²) in [6, 6.07) is 10.8. The molecule has 2 aromatic rings. The molecule has 0 radical (unpaired) electrons. The zero-order valence-electron chi connectivity index (χ0n) is 15.9. The normalized spacial score (nSPS) is 14.5. The van der Waals surface area contributed by atoms with Crippen LogP contribution in [0.15, 0.2) is 42.5 Å². The van der Waals surface area contributed by atoms with Gasteiger partial charge in [-0.25, -0.2) is 4.39 Å². The van der Waals surface area contributed by atoms with Crippen LogP contribution in [0.1, 0.15) is 23.2 Å². The SMILES string of the molecule is COc1ccc(OC)c(NC(=O)C2CCN(C(=O)c3cccc(F)c3)CC2)c1. The summed E-state index contributed by atoms with van der Waals surface area (Å²) in [6.45, 7) is 0.894. The second kappa shape index (κ2) is 8.73. The monoisotopic (exact) mass is 386 g/mol. The van der Waals surface area contributed by atoms with Crippen molar-refractivity contribution in [3.63, 3.8) is 0 Å². The maximum Gasteiger partial charge on any atom is 0.253 e. The zero-order valence-corrected chi connectivity index (χ0v) is 15.9. The van der Waals surface area contributed by atoms with Crippen molar-refractivity contribution in [2.45, 2.75) is 12.8 Å². The van der Waals surface area contributed by atoms with Gasteiger partial charge in [-0.15, -0.1) is 0 Å². The number of nitrogens with zero attached hydrogens (tertiary/aromatic N) is 1. The topological polar surface area (TPSA) is 67.9 Å². The van der Waals surface area contributed by atoms with Gasteiger partial charge in [0.2, 0.25) is 5.91 Å². The Labute approximate surface area is 163 Å². The van der Waals surface area contributed by atoms with Gasteiger partial charge in [-0.1, -0.05) is 6.07 Å². The number of likely N-dealkylation sites (tertiary alicyclic amines) is 1. The molecule has 2 aromatic carbocycles. The van der Waals surface area contributed by atoms with Gasteiger partial charge in [0.15, 0.2) is 0 Å². The molecule has 0 bridgehead atoms. The van der Waals surface area contributed by atoms with Gasteiger partial charge in [-0.2, -0.15) is 0 Å². The summed E-state index contributed by atoms with van der Waals surface area (Å²) in [6.07, 6.45) is 1.08. The molecule has 0 unspecified atom stereocenters. The molecular formula is C21H23FN2O4. The lowest BCUT2D eigenvalue weighted by molar-refractivity contribution is -0.121. The number of rotatable bonds is 5. The van der Waals surface area contributed by atoms with E-state index in [1.807, 2.05) is 0 Å². The van der Waals surface area contributed by atoms with E-state index in [9.17, 15) is 14.0 Å². The lowest BCUT2D eigenvalue weighted by atomic mass is 9.95. The Kier molecular flexibility index (Phi) is 6.13. The Balaban J connectivity index is 1.60. The fraction of sp³-hybridized carbons (Fsp3) is 0.333. The first-order valence-corrected chi connectivity index (χ1v) is 9.09. The smallest absolute Gasteiger partial charge is 0.253 e. The highest BCUT2D eigenvalue weighted by atomic mass is 19.1. The van der Waals surface area contributed by atoms with Crippen LogP contribution in [0.4, 0.5) is 10.1 Å². The van der Waals surface area contributed by atoms with Gasteiger partial charge in [0.05, 0.1) is 19.9 Å². The molecule has 1 aliphatic rings. The quantitative estimate of drug-likeness (QED) is 0.856. The van der Waals surface area contributed by atoms with Crippen LogP contribution in [0.3, 0.4) is 0 Å². The Morgan fingerprint density at radius 2 is 1.82 bits per heavy atom. The molecule has 1 fully saturated rings. The number of hydrogen-bond donors (Lipinski definition) is 1. The van der Waals surface area contributed by atoms with Crippen molar-refractivity contribution in [1.29, 1.82) is 0 Å². The summed E-state index contributed by atoms with van der Waals surface area (Å²) in [5.41, 5.74) is 0.870. The minimum absolute atomic E-state index is 0.121. The van der Waals surface area contributed by atoms with Crippen molar-refractivity contribution in [1.82, 2.24) is 4.90 Å². The zero-order chi connectivity index (χ0) is 20.1. The Bertz CT molecular complexity index is 863. The second-order valence-electron chi connectivity index (χ2n) is 6.63. The summed E-state index contributed by atoms with van der Waals surface area (Å²) < 4.78 is 23.8. The summed E-state index contributed by atoms with van der Waals surface area (Å²) >= 11 is 0. The van der Waals surface area contributed by atoms with E-state index in [0.717, 1.165) is 0 Å². The molecule has 1 heterocycles. The molecule has 1 N–H and O–H groups in total. The highest BCUT2D eigenvalue weighted by molar-refractivity contribution is 5.96. The van der Waals surface area contributed by atoms with Crippen LogP contribution in [0.25, 0.3) is 0 Å². The van der Waals surface area contributed by atoms with Crippen molar-refractivity contribution in [3.8, 4) is 11.5 Å². The van der Waals surface area contributed by atoms with E-state index in [2.05, 4.69) is 5.32 Å². The maximum absolute atomic E-state index is 13.3. The number of benzene rings is 2. The van der Waals surface area contributed by atoms with Crippen LogP contribution in [-0.2, 0) is 4.79 Å². The van der Waals surface area contributed by atoms with Crippen LogP contribution in [-0.4, -0.2) is 44.0 Å². The lowest BCUT2D eigenvalue weighted by Crippen LogP contribution is -2.41.